The van der Waals surface area contributed by atoms with E-state index in [9.17, 15) is 4.79 Å². The van der Waals surface area contributed by atoms with E-state index in [1.807, 2.05) is 43.3 Å². The molecule has 0 aliphatic carbocycles. The second kappa shape index (κ2) is 6.69. The Morgan fingerprint density at radius 3 is 2.38 bits per heavy atom. The Labute approximate surface area is 128 Å². The molecule has 0 fully saturated rings. The fourth-order valence-corrected chi connectivity index (χ4v) is 2.60. The number of ether oxygens (including phenoxy) is 1. The van der Waals surface area contributed by atoms with Gasteiger partial charge in [-0.15, -0.1) is 11.3 Å². The average Bonchev–Trinajstić information content (AvgIpc) is 2.95. The summed E-state index contributed by atoms with van der Waals surface area (Å²) in [6.07, 6.45) is 0. The van der Waals surface area contributed by atoms with E-state index in [2.05, 4.69) is 4.98 Å². The summed E-state index contributed by atoms with van der Waals surface area (Å²) in [5.74, 6) is -0.119. The smallest absolute Gasteiger partial charge is 0.277 e. The van der Waals surface area contributed by atoms with Crippen molar-refractivity contribution in [2.24, 2.45) is 0 Å². The van der Waals surface area contributed by atoms with Crippen molar-refractivity contribution < 1.29 is 9.53 Å². The van der Waals surface area contributed by atoms with E-state index in [1.54, 1.807) is 24.4 Å². The minimum absolute atomic E-state index is 0.119. The molecule has 1 heterocycles. The maximum absolute atomic E-state index is 12.4. The maximum atomic E-state index is 12.4. The van der Waals surface area contributed by atoms with E-state index in [0.717, 1.165) is 16.4 Å². The average molecular weight is 305 g/mol. The van der Waals surface area contributed by atoms with Gasteiger partial charge < -0.3 is 14.5 Å². The third-order valence-electron chi connectivity index (χ3n) is 3.10. The molecule has 0 saturated carbocycles. The number of nitrogens with zero attached hydrogens (tertiary/aromatic N) is 3. The van der Waals surface area contributed by atoms with Crippen LogP contribution in [-0.4, -0.2) is 39.1 Å². The molecule has 5 nitrogen and oxygen atoms in total. The van der Waals surface area contributed by atoms with Crippen LogP contribution in [0.2, 0.25) is 0 Å². The molecule has 0 unspecified atom stereocenters. The molecule has 0 radical (unpaired) electrons. The monoisotopic (exact) mass is 305 g/mol. The lowest BCUT2D eigenvalue weighted by Gasteiger charge is -2.18. The second-order valence-corrected chi connectivity index (χ2v) is 5.78. The predicted molar refractivity (Wildman–Crippen MR) is 86.3 cm³/mol. The summed E-state index contributed by atoms with van der Waals surface area (Å²) in [5, 5.41) is 2.57. The Hall–Kier alpha value is -1.92. The van der Waals surface area contributed by atoms with Gasteiger partial charge in [-0.2, -0.15) is 0 Å². The molecule has 2 aromatic rings. The summed E-state index contributed by atoms with van der Waals surface area (Å²) in [5.41, 5.74) is 2.38. The Kier molecular flexibility index (Phi) is 4.93. The van der Waals surface area contributed by atoms with Gasteiger partial charge in [-0.25, -0.2) is 4.98 Å². The van der Waals surface area contributed by atoms with Crippen LogP contribution in [-0.2, 0) is 11.3 Å². The number of benzene rings is 1. The quantitative estimate of drug-likeness (QED) is 0.852. The zero-order chi connectivity index (χ0) is 15.4. The summed E-state index contributed by atoms with van der Waals surface area (Å²) >= 11 is 1.43. The van der Waals surface area contributed by atoms with Gasteiger partial charge in [0.2, 0.25) is 0 Å². The Morgan fingerprint density at radius 2 is 1.81 bits per heavy atom. The van der Waals surface area contributed by atoms with Crippen LogP contribution in [0.4, 0.5) is 11.4 Å². The molecule has 0 bridgehead atoms. The number of carbonyl (C=O) groups is 1. The number of thiazole rings is 1. The lowest BCUT2D eigenvalue weighted by molar-refractivity contribution is 0.0988. The predicted octanol–water partition coefficient (Wildman–Crippen LogP) is 2.63. The van der Waals surface area contributed by atoms with E-state index >= 15 is 0 Å². The van der Waals surface area contributed by atoms with Gasteiger partial charge in [0.1, 0.15) is 10.7 Å². The Balaban J connectivity index is 2.14. The highest BCUT2D eigenvalue weighted by Crippen LogP contribution is 2.21. The molecule has 112 valence electrons. The molecule has 0 saturated heterocycles. The number of methoxy groups -OCH3 is 1. The molecule has 6 heteroatoms. The molecule has 1 aromatic heterocycles. The first kappa shape index (κ1) is 15.5. The van der Waals surface area contributed by atoms with Crippen LogP contribution in [0.1, 0.15) is 15.5 Å². The minimum atomic E-state index is -0.119. The van der Waals surface area contributed by atoms with Gasteiger partial charge in [0.05, 0.1) is 6.61 Å². The topological polar surface area (TPSA) is 45.7 Å². The van der Waals surface area contributed by atoms with Crippen LogP contribution >= 0.6 is 11.3 Å². The lowest BCUT2D eigenvalue weighted by Crippen LogP contribution is -2.26. The van der Waals surface area contributed by atoms with Crippen molar-refractivity contribution >= 4 is 28.6 Å². The third-order valence-corrected chi connectivity index (χ3v) is 3.92. The maximum Gasteiger partial charge on any atom is 0.277 e. The highest BCUT2D eigenvalue weighted by molar-refractivity contribution is 7.09. The van der Waals surface area contributed by atoms with Crippen LogP contribution in [0.25, 0.3) is 0 Å². The molecule has 21 heavy (non-hydrogen) atoms. The van der Waals surface area contributed by atoms with Crippen molar-refractivity contribution in [2.45, 2.75) is 6.61 Å². The molecule has 1 amide bonds. The largest absolute Gasteiger partial charge is 0.378 e. The molecule has 0 spiro atoms. The molecular formula is C15H19N3O2S. The normalized spacial score (nSPS) is 10.5. The van der Waals surface area contributed by atoms with Crippen molar-refractivity contribution in [2.75, 3.05) is 38.1 Å². The zero-order valence-corrected chi connectivity index (χ0v) is 13.5. The fraction of sp³-hybridized carbons (Fsp3) is 0.333. The number of rotatable bonds is 5. The number of aromatic nitrogens is 1. The lowest BCUT2D eigenvalue weighted by atomic mass is 10.2. The molecule has 0 atom stereocenters. The molecule has 1 aromatic carbocycles. The fourth-order valence-electron chi connectivity index (χ4n) is 1.86. The van der Waals surface area contributed by atoms with E-state index in [4.69, 9.17) is 4.74 Å². The first-order valence-corrected chi connectivity index (χ1v) is 7.39. The highest BCUT2D eigenvalue weighted by Gasteiger charge is 2.17. The van der Waals surface area contributed by atoms with Crippen molar-refractivity contribution in [3.8, 4) is 0 Å². The molecular weight excluding hydrogens is 286 g/mol. The second-order valence-electron chi connectivity index (χ2n) is 4.83. The van der Waals surface area contributed by atoms with Gasteiger partial charge in [0, 0.05) is 45.0 Å². The zero-order valence-electron chi connectivity index (χ0n) is 12.7. The summed E-state index contributed by atoms with van der Waals surface area (Å²) in [7, 11) is 7.33. The summed E-state index contributed by atoms with van der Waals surface area (Å²) in [4.78, 5) is 20.3. The summed E-state index contributed by atoms with van der Waals surface area (Å²) < 4.78 is 5.02. The van der Waals surface area contributed by atoms with Gasteiger partial charge in [-0.1, -0.05) is 0 Å². The van der Waals surface area contributed by atoms with Crippen molar-refractivity contribution in [1.82, 2.24) is 4.98 Å². The number of hydrogen-bond acceptors (Lipinski definition) is 5. The van der Waals surface area contributed by atoms with Crippen molar-refractivity contribution in [1.29, 1.82) is 0 Å². The number of carbonyl (C=O) groups excluding carboxylic acids is 1. The van der Waals surface area contributed by atoms with Gasteiger partial charge in [-0.3, -0.25) is 4.79 Å². The van der Waals surface area contributed by atoms with Gasteiger partial charge in [0.15, 0.2) is 0 Å². The molecule has 0 N–H and O–H groups in total. The number of amides is 1. The van der Waals surface area contributed by atoms with E-state index in [0.29, 0.717) is 12.3 Å². The third kappa shape index (κ3) is 3.59. The minimum Gasteiger partial charge on any atom is -0.378 e. The highest BCUT2D eigenvalue weighted by atomic mass is 32.1. The van der Waals surface area contributed by atoms with Crippen LogP contribution in [0, 0.1) is 0 Å². The van der Waals surface area contributed by atoms with E-state index < -0.39 is 0 Å². The summed E-state index contributed by atoms with van der Waals surface area (Å²) in [6, 6.07) is 7.82. The molecule has 2 rings (SSSR count). The van der Waals surface area contributed by atoms with E-state index in [-0.39, 0.29) is 5.91 Å². The number of hydrogen-bond donors (Lipinski definition) is 0. The van der Waals surface area contributed by atoms with Crippen LogP contribution in [0.3, 0.4) is 0 Å². The Morgan fingerprint density at radius 1 is 1.19 bits per heavy atom. The SMILES string of the molecule is COCc1nc(C(=O)N(C)c2ccc(N(C)C)cc2)cs1. The first-order chi connectivity index (χ1) is 10.0. The van der Waals surface area contributed by atoms with E-state index in [1.165, 1.54) is 11.3 Å². The summed E-state index contributed by atoms with van der Waals surface area (Å²) in [6.45, 7) is 0.430. The van der Waals surface area contributed by atoms with Gasteiger partial charge in [0.25, 0.3) is 5.91 Å². The van der Waals surface area contributed by atoms with Crippen LogP contribution in [0.15, 0.2) is 29.6 Å². The van der Waals surface area contributed by atoms with Crippen LogP contribution in [0.5, 0.6) is 0 Å². The van der Waals surface area contributed by atoms with Gasteiger partial charge >= 0.3 is 0 Å². The standard InChI is InChI=1S/C15H19N3O2S/c1-17(2)11-5-7-12(8-6-11)18(3)15(19)13-10-21-14(16-13)9-20-4/h5-8,10H,9H2,1-4H3. The molecule has 0 aliphatic heterocycles. The Bertz CT molecular complexity index is 608. The first-order valence-electron chi connectivity index (χ1n) is 6.51. The van der Waals surface area contributed by atoms with Gasteiger partial charge in [-0.05, 0) is 24.3 Å². The molecule has 0 aliphatic rings. The number of anilines is 2. The van der Waals surface area contributed by atoms with Crippen molar-refractivity contribution in [3.63, 3.8) is 0 Å². The van der Waals surface area contributed by atoms with Crippen LogP contribution < -0.4 is 9.80 Å². The van der Waals surface area contributed by atoms with Crippen molar-refractivity contribution in [3.05, 3.63) is 40.3 Å².